The third kappa shape index (κ3) is 7.67. The summed E-state index contributed by atoms with van der Waals surface area (Å²) in [6, 6.07) is 8.75. The van der Waals surface area contributed by atoms with Gasteiger partial charge >= 0.3 is 0 Å². The normalized spacial score (nSPS) is 13.8. The van der Waals surface area contributed by atoms with Crippen LogP contribution in [-0.4, -0.2) is 59.6 Å². The minimum absolute atomic E-state index is 0.149. The van der Waals surface area contributed by atoms with Gasteiger partial charge in [0.1, 0.15) is 5.58 Å². The fourth-order valence-electron chi connectivity index (χ4n) is 4.91. The minimum Gasteiger partial charge on any atom is -0.464 e. The van der Waals surface area contributed by atoms with Crippen molar-refractivity contribution in [2.24, 2.45) is 17.8 Å². The topological polar surface area (TPSA) is 71.6 Å². The number of fused-ring (bicyclic) bond motifs is 1. The monoisotopic (exact) mass is 516 g/mol. The van der Waals surface area contributed by atoms with E-state index in [2.05, 4.69) is 51.5 Å². The van der Waals surface area contributed by atoms with Crippen LogP contribution in [0.5, 0.6) is 0 Å². The summed E-state index contributed by atoms with van der Waals surface area (Å²) in [5.74, 6) is 1.36. The van der Waals surface area contributed by atoms with E-state index in [1.165, 1.54) is 0 Å². The molecule has 0 saturated carbocycles. The first kappa shape index (κ1) is 28.4. The standard InChI is InChI=1S/C28H44N4O3S/c1-21(2)16-26(20-30(18-22(3)4)19-23(5)6)32(14-13-31-12-10-24(7)29-31)36(33,34)27-8-9-28-25(17-27)11-15-35-28/h8-12,15,17,21-23,26H,13-14,16,18-20H2,1-7H3/t26-/m0/s1. The lowest BCUT2D eigenvalue weighted by atomic mass is 10.0. The molecule has 0 radical (unpaired) electrons. The van der Waals surface area contributed by atoms with Crippen LogP contribution in [0.15, 0.2) is 52.1 Å². The van der Waals surface area contributed by atoms with Gasteiger partial charge in [0.15, 0.2) is 0 Å². The lowest BCUT2D eigenvalue weighted by Crippen LogP contribution is -2.49. The van der Waals surface area contributed by atoms with Crippen molar-refractivity contribution in [3.8, 4) is 0 Å². The Labute approximate surface area is 217 Å². The van der Waals surface area contributed by atoms with Crippen molar-refractivity contribution in [1.82, 2.24) is 19.0 Å². The third-order valence-electron chi connectivity index (χ3n) is 6.22. The van der Waals surface area contributed by atoms with Crippen LogP contribution in [0, 0.1) is 24.7 Å². The summed E-state index contributed by atoms with van der Waals surface area (Å²) in [4.78, 5) is 2.75. The molecule has 0 amide bonds. The number of benzene rings is 1. The minimum atomic E-state index is -3.76. The highest BCUT2D eigenvalue weighted by Gasteiger charge is 2.33. The quantitative estimate of drug-likeness (QED) is 0.277. The van der Waals surface area contributed by atoms with Crippen LogP contribution in [0.25, 0.3) is 11.0 Å². The molecule has 200 valence electrons. The Kier molecular flexibility index (Phi) is 9.78. The van der Waals surface area contributed by atoms with Gasteiger partial charge in [-0.2, -0.15) is 9.40 Å². The van der Waals surface area contributed by atoms with Gasteiger partial charge in [0.25, 0.3) is 0 Å². The van der Waals surface area contributed by atoms with Gasteiger partial charge in [-0.1, -0.05) is 41.5 Å². The number of hydrogen-bond donors (Lipinski definition) is 0. The van der Waals surface area contributed by atoms with Crippen molar-refractivity contribution >= 4 is 21.0 Å². The first-order chi connectivity index (χ1) is 17.0. The van der Waals surface area contributed by atoms with Gasteiger partial charge in [-0.25, -0.2) is 8.42 Å². The number of aryl methyl sites for hydroxylation is 1. The summed E-state index contributed by atoms with van der Waals surface area (Å²) in [5, 5.41) is 5.30. The maximum absolute atomic E-state index is 14.2. The predicted octanol–water partition coefficient (Wildman–Crippen LogP) is 5.66. The van der Waals surface area contributed by atoms with Crippen molar-refractivity contribution in [3.63, 3.8) is 0 Å². The molecule has 0 aliphatic rings. The summed E-state index contributed by atoms with van der Waals surface area (Å²) in [7, 11) is -3.76. The highest BCUT2D eigenvalue weighted by Crippen LogP contribution is 2.27. The van der Waals surface area contributed by atoms with Gasteiger partial charge in [0.05, 0.1) is 23.4 Å². The van der Waals surface area contributed by atoms with Crippen molar-refractivity contribution in [2.75, 3.05) is 26.2 Å². The van der Waals surface area contributed by atoms with Crippen molar-refractivity contribution in [2.45, 2.75) is 72.4 Å². The molecule has 0 fully saturated rings. The van der Waals surface area contributed by atoms with Crippen molar-refractivity contribution in [3.05, 3.63) is 48.5 Å². The van der Waals surface area contributed by atoms with Gasteiger partial charge in [0, 0.05) is 43.8 Å². The number of hydrogen-bond acceptors (Lipinski definition) is 5. The number of nitrogens with zero attached hydrogens (tertiary/aromatic N) is 4. The van der Waals surface area contributed by atoms with Gasteiger partial charge in [-0.05, 0) is 61.4 Å². The smallest absolute Gasteiger partial charge is 0.243 e. The molecular weight excluding hydrogens is 472 g/mol. The summed E-state index contributed by atoms with van der Waals surface area (Å²) < 4.78 is 37.5. The highest BCUT2D eigenvalue weighted by molar-refractivity contribution is 7.89. The van der Waals surface area contributed by atoms with E-state index in [4.69, 9.17) is 4.42 Å². The summed E-state index contributed by atoms with van der Waals surface area (Å²) in [6.07, 6.45) is 4.30. The molecule has 0 N–H and O–H groups in total. The molecule has 0 unspecified atom stereocenters. The largest absolute Gasteiger partial charge is 0.464 e. The number of rotatable bonds is 14. The van der Waals surface area contributed by atoms with Crippen LogP contribution in [0.4, 0.5) is 0 Å². The molecule has 3 aromatic rings. The van der Waals surface area contributed by atoms with Gasteiger partial charge in [0.2, 0.25) is 10.0 Å². The zero-order valence-electron chi connectivity index (χ0n) is 23.0. The third-order valence-corrected chi connectivity index (χ3v) is 8.17. The molecule has 1 atom stereocenters. The van der Waals surface area contributed by atoms with E-state index in [0.717, 1.165) is 30.6 Å². The van der Waals surface area contributed by atoms with E-state index in [0.29, 0.717) is 47.9 Å². The zero-order valence-corrected chi connectivity index (χ0v) is 23.8. The number of aromatic nitrogens is 2. The highest BCUT2D eigenvalue weighted by atomic mass is 32.2. The van der Waals surface area contributed by atoms with Crippen LogP contribution in [0.2, 0.25) is 0 Å². The maximum atomic E-state index is 14.2. The fourth-order valence-corrected chi connectivity index (χ4v) is 6.56. The van der Waals surface area contributed by atoms with Crippen molar-refractivity contribution < 1.29 is 12.8 Å². The van der Waals surface area contributed by atoms with E-state index >= 15 is 0 Å². The summed E-state index contributed by atoms with van der Waals surface area (Å²) >= 11 is 0. The fraction of sp³-hybridized carbons (Fsp3) is 0.607. The second kappa shape index (κ2) is 12.4. The summed E-state index contributed by atoms with van der Waals surface area (Å²) in [6.45, 7) is 18.6. The first-order valence-electron chi connectivity index (χ1n) is 13.2. The molecule has 36 heavy (non-hydrogen) atoms. The van der Waals surface area contributed by atoms with E-state index in [9.17, 15) is 8.42 Å². The average molecular weight is 517 g/mol. The lowest BCUT2D eigenvalue weighted by molar-refractivity contribution is 0.152. The first-order valence-corrected chi connectivity index (χ1v) is 14.6. The van der Waals surface area contributed by atoms with E-state index in [-0.39, 0.29) is 6.04 Å². The van der Waals surface area contributed by atoms with E-state index in [1.54, 1.807) is 28.8 Å². The zero-order chi connectivity index (χ0) is 26.5. The molecule has 8 heteroatoms. The molecular formula is C28H44N4O3S. The molecule has 2 aromatic heterocycles. The Bertz CT molecular complexity index is 1190. The molecule has 2 heterocycles. The molecule has 7 nitrogen and oxygen atoms in total. The van der Waals surface area contributed by atoms with E-state index < -0.39 is 10.0 Å². The Hall–Kier alpha value is -2.16. The van der Waals surface area contributed by atoms with E-state index in [1.807, 2.05) is 29.9 Å². The Morgan fingerprint density at radius 2 is 1.64 bits per heavy atom. The SMILES string of the molecule is Cc1ccn(CCN([C@@H](CC(C)C)CN(CC(C)C)CC(C)C)S(=O)(=O)c2ccc3occc3c2)n1. The molecule has 0 aliphatic carbocycles. The number of furan rings is 1. The number of sulfonamides is 1. The predicted molar refractivity (Wildman–Crippen MR) is 146 cm³/mol. The Balaban J connectivity index is 2.00. The van der Waals surface area contributed by atoms with Crippen molar-refractivity contribution in [1.29, 1.82) is 0 Å². The van der Waals surface area contributed by atoms with Gasteiger partial charge in [-0.3, -0.25) is 4.68 Å². The van der Waals surface area contributed by atoms with Crippen LogP contribution < -0.4 is 0 Å². The Morgan fingerprint density at radius 1 is 0.944 bits per heavy atom. The second-order valence-electron chi connectivity index (χ2n) is 11.2. The average Bonchev–Trinajstić information content (AvgIpc) is 3.40. The molecule has 0 spiro atoms. The molecule has 1 aromatic carbocycles. The molecule has 0 saturated heterocycles. The Morgan fingerprint density at radius 3 is 2.22 bits per heavy atom. The molecule has 3 rings (SSSR count). The van der Waals surface area contributed by atoms with Gasteiger partial charge in [-0.15, -0.1) is 0 Å². The van der Waals surface area contributed by atoms with Crippen LogP contribution in [0.1, 0.15) is 53.7 Å². The van der Waals surface area contributed by atoms with Crippen LogP contribution in [-0.2, 0) is 16.6 Å². The molecule has 0 aliphatic heterocycles. The molecule has 0 bridgehead atoms. The maximum Gasteiger partial charge on any atom is 0.243 e. The van der Waals surface area contributed by atoms with Crippen LogP contribution in [0.3, 0.4) is 0 Å². The lowest BCUT2D eigenvalue weighted by Gasteiger charge is -2.37. The van der Waals surface area contributed by atoms with Crippen LogP contribution >= 0.6 is 0 Å². The second-order valence-corrected chi connectivity index (χ2v) is 13.1. The van der Waals surface area contributed by atoms with Gasteiger partial charge < -0.3 is 9.32 Å². The summed E-state index contributed by atoms with van der Waals surface area (Å²) in [5.41, 5.74) is 1.61.